The van der Waals surface area contributed by atoms with E-state index in [1.165, 1.54) is 13.8 Å². The van der Waals surface area contributed by atoms with Crippen molar-refractivity contribution < 1.29 is 38.6 Å². The summed E-state index contributed by atoms with van der Waals surface area (Å²) in [5.41, 5.74) is 7.39. The summed E-state index contributed by atoms with van der Waals surface area (Å²) in [7, 11) is 0. The number of rotatable bonds is 16. The molecule has 4 rings (SSSR count). The quantitative estimate of drug-likeness (QED) is 0.0960. The molecule has 13 nitrogen and oxygen atoms in total. The number of ether oxygens (including phenoxy) is 2. The molecular formula is C39H43N5O8. The van der Waals surface area contributed by atoms with Crippen LogP contribution in [0.25, 0.3) is 0 Å². The minimum atomic E-state index is -1.49. The number of benzene rings is 4. The molecule has 0 saturated carbocycles. The van der Waals surface area contributed by atoms with Crippen LogP contribution in [-0.4, -0.2) is 59.1 Å². The van der Waals surface area contributed by atoms with Crippen molar-refractivity contribution in [3.8, 4) is 5.75 Å². The minimum absolute atomic E-state index is 0.0241. The van der Waals surface area contributed by atoms with E-state index in [0.29, 0.717) is 17.9 Å². The molecule has 0 aliphatic carbocycles. The third-order valence-electron chi connectivity index (χ3n) is 7.77. The highest BCUT2D eigenvalue weighted by atomic mass is 16.5. The first kappa shape index (κ1) is 38.6. The highest BCUT2D eigenvalue weighted by Gasteiger charge is 2.32. The maximum Gasteiger partial charge on any atom is 0.408 e. The molecule has 0 aliphatic rings. The van der Waals surface area contributed by atoms with Crippen molar-refractivity contribution in [2.24, 2.45) is 0 Å². The highest BCUT2D eigenvalue weighted by molar-refractivity contribution is 5.94. The van der Waals surface area contributed by atoms with E-state index < -0.39 is 54.0 Å². The summed E-state index contributed by atoms with van der Waals surface area (Å²) in [6, 6.07) is 30.7. The molecule has 272 valence electrons. The number of carbonyl (C=O) groups is 5. The molecule has 4 atom stereocenters. The van der Waals surface area contributed by atoms with Gasteiger partial charge < -0.3 is 30.5 Å². The topological polar surface area (TPSA) is 184 Å². The lowest BCUT2D eigenvalue weighted by molar-refractivity contribution is -0.135. The maximum absolute atomic E-state index is 13.9. The standard InChI is InChI=1S/C39H43N5O8/c1-26(45)35(38(49)44-43-27(2)46)42-37(48)33(23-29-18-20-32(21-19-29)51-24-30-14-8-4-9-15-30)40-36(47)34(22-28-12-6-3-7-13-28)41-39(50)52-25-31-16-10-5-11-17-31/h3-21,26,33-35,45H,22-25H2,1-2H3,(H,40,47)(H,41,50)(H,42,48)(H,43,46)(H,44,49)/t26-,33-,34-,35+/m0/s1. The van der Waals surface area contributed by atoms with Gasteiger partial charge in [-0.3, -0.25) is 30.0 Å². The number of hydrogen-bond acceptors (Lipinski definition) is 8. The van der Waals surface area contributed by atoms with Crippen molar-refractivity contribution in [2.75, 3.05) is 0 Å². The Kier molecular flexibility index (Phi) is 14.7. The first-order valence-corrected chi connectivity index (χ1v) is 16.7. The molecule has 0 radical (unpaired) electrons. The molecule has 4 aromatic rings. The molecule has 0 aromatic heterocycles. The molecule has 0 heterocycles. The SMILES string of the molecule is CC(=O)NNC(=O)[C@H](NC(=O)[C@H](Cc1ccc(OCc2ccccc2)cc1)NC(=O)[C@H](Cc1ccccc1)NC(=O)OCc1ccccc1)[C@H](C)O. The van der Waals surface area contributed by atoms with Crippen molar-refractivity contribution in [2.45, 2.75) is 64.1 Å². The minimum Gasteiger partial charge on any atom is -0.489 e. The van der Waals surface area contributed by atoms with E-state index in [-0.39, 0.29) is 19.4 Å². The number of aliphatic hydroxyl groups excluding tert-OH is 1. The second-order valence-corrected chi connectivity index (χ2v) is 12.0. The molecule has 52 heavy (non-hydrogen) atoms. The number of hydrogen-bond donors (Lipinski definition) is 6. The van der Waals surface area contributed by atoms with Crippen LogP contribution in [0.3, 0.4) is 0 Å². The van der Waals surface area contributed by atoms with Gasteiger partial charge in [0.25, 0.3) is 5.91 Å². The van der Waals surface area contributed by atoms with Gasteiger partial charge in [-0.2, -0.15) is 0 Å². The third-order valence-corrected chi connectivity index (χ3v) is 7.77. The Morgan fingerprint density at radius 2 is 1.06 bits per heavy atom. The largest absolute Gasteiger partial charge is 0.489 e. The molecule has 0 aliphatic heterocycles. The summed E-state index contributed by atoms with van der Waals surface area (Å²) in [4.78, 5) is 64.7. The molecule has 0 saturated heterocycles. The number of nitrogens with one attached hydrogen (secondary N) is 5. The van der Waals surface area contributed by atoms with Crippen LogP contribution in [0, 0.1) is 0 Å². The van der Waals surface area contributed by atoms with E-state index in [9.17, 15) is 29.1 Å². The van der Waals surface area contributed by atoms with Crippen molar-refractivity contribution in [3.63, 3.8) is 0 Å². The van der Waals surface area contributed by atoms with Crippen LogP contribution in [0.4, 0.5) is 4.79 Å². The van der Waals surface area contributed by atoms with Crippen molar-refractivity contribution >= 4 is 29.7 Å². The Hall–Kier alpha value is -6.21. The predicted molar refractivity (Wildman–Crippen MR) is 192 cm³/mol. The summed E-state index contributed by atoms with van der Waals surface area (Å²) >= 11 is 0. The molecule has 0 fully saturated rings. The van der Waals surface area contributed by atoms with Crippen LogP contribution in [0.2, 0.25) is 0 Å². The monoisotopic (exact) mass is 709 g/mol. The van der Waals surface area contributed by atoms with E-state index in [0.717, 1.165) is 16.7 Å². The average Bonchev–Trinajstić information content (AvgIpc) is 3.15. The Labute approximate surface area is 302 Å². The Morgan fingerprint density at radius 1 is 0.577 bits per heavy atom. The van der Waals surface area contributed by atoms with Crippen LogP contribution in [-0.2, 0) is 50.0 Å². The van der Waals surface area contributed by atoms with Crippen LogP contribution >= 0.6 is 0 Å². The summed E-state index contributed by atoms with van der Waals surface area (Å²) in [6.45, 7) is 2.80. The molecule has 0 bridgehead atoms. The normalized spacial score (nSPS) is 12.9. The van der Waals surface area contributed by atoms with Gasteiger partial charge in [-0.1, -0.05) is 103 Å². The van der Waals surface area contributed by atoms with Crippen LogP contribution in [0.5, 0.6) is 5.75 Å². The van der Waals surface area contributed by atoms with Gasteiger partial charge in [-0.15, -0.1) is 0 Å². The lowest BCUT2D eigenvalue weighted by Crippen LogP contribution is -2.61. The molecule has 4 aromatic carbocycles. The summed E-state index contributed by atoms with van der Waals surface area (Å²) in [5.74, 6) is -2.35. The average molecular weight is 710 g/mol. The fourth-order valence-corrected chi connectivity index (χ4v) is 5.03. The van der Waals surface area contributed by atoms with Gasteiger partial charge in [-0.25, -0.2) is 4.79 Å². The molecule has 5 amide bonds. The highest BCUT2D eigenvalue weighted by Crippen LogP contribution is 2.16. The third kappa shape index (κ3) is 12.9. The fraction of sp³-hybridized carbons (Fsp3) is 0.256. The summed E-state index contributed by atoms with van der Waals surface area (Å²) < 4.78 is 11.3. The number of amides is 5. The second kappa shape index (κ2) is 19.8. The Morgan fingerprint density at radius 3 is 1.60 bits per heavy atom. The van der Waals surface area contributed by atoms with E-state index in [1.807, 2.05) is 54.6 Å². The number of carbonyl (C=O) groups excluding carboxylic acids is 5. The van der Waals surface area contributed by atoms with E-state index in [1.54, 1.807) is 60.7 Å². The molecule has 6 N–H and O–H groups in total. The Bertz CT molecular complexity index is 1760. The molecule has 13 heteroatoms. The van der Waals surface area contributed by atoms with E-state index >= 15 is 0 Å². The smallest absolute Gasteiger partial charge is 0.408 e. The van der Waals surface area contributed by atoms with Gasteiger partial charge in [0.15, 0.2) is 0 Å². The zero-order valence-corrected chi connectivity index (χ0v) is 28.9. The predicted octanol–water partition coefficient (Wildman–Crippen LogP) is 2.86. The lowest BCUT2D eigenvalue weighted by atomic mass is 10.0. The number of hydrazine groups is 1. The van der Waals surface area contributed by atoms with Crippen molar-refractivity contribution in [1.29, 1.82) is 0 Å². The number of aliphatic hydroxyl groups is 1. The molecular weight excluding hydrogens is 666 g/mol. The molecule has 0 unspecified atom stereocenters. The van der Waals surface area contributed by atoms with Gasteiger partial charge in [0.05, 0.1) is 6.10 Å². The first-order chi connectivity index (χ1) is 25.1. The van der Waals surface area contributed by atoms with Crippen LogP contribution < -0.4 is 31.5 Å². The zero-order chi connectivity index (χ0) is 37.3. The van der Waals surface area contributed by atoms with E-state index in [4.69, 9.17) is 9.47 Å². The summed E-state index contributed by atoms with van der Waals surface area (Å²) in [5, 5.41) is 18.2. The van der Waals surface area contributed by atoms with Gasteiger partial charge in [0.1, 0.15) is 37.1 Å². The van der Waals surface area contributed by atoms with Crippen LogP contribution in [0.1, 0.15) is 36.1 Å². The van der Waals surface area contributed by atoms with Gasteiger partial charge >= 0.3 is 6.09 Å². The second-order valence-electron chi connectivity index (χ2n) is 12.0. The van der Waals surface area contributed by atoms with E-state index in [2.05, 4.69) is 26.8 Å². The number of alkyl carbamates (subject to hydrolysis) is 1. The van der Waals surface area contributed by atoms with Crippen molar-refractivity contribution in [1.82, 2.24) is 26.8 Å². The van der Waals surface area contributed by atoms with Crippen LogP contribution in [0.15, 0.2) is 115 Å². The van der Waals surface area contributed by atoms with Gasteiger partial charge in [0.2, 0.25) is 17.7 Å². The summed E-state index contributed by atoms with van der Waals surface area (Å²) in [6.07, 6.45) is -2.17. The zero-order valence-electron chi connectivity index (χ0n) is 28.9. The lowest BCUT2D eigenvalue weighted by Gasteiger charge is -2.26. The maximum atomic E-state index is 13.9. The molecule has 0 spiro atoms. The Balaban J connectivity index is 1.53. The van der Waals surface area contributed by atoms with Gasteiger partial charge in [-0.05, 0) is 41.3 Å². The van der Waals surface area contributed by atoms with Crippen molar-refractivity contribution in [3.05, 3.63) is 138 Å². The first-order valence-electron chi connectivity index (χ1n) is 16.7. The fourth-order valence-electron chi connectivity index (χ4n) is 5.03. The van der Waals surface area contributed by atoms with Gasteiger partial charge in [0, 0.05) is 19.8 Å².